The van der Waals surface area contributed by atoms with Crippen molar-refractivity contribution in [2.24, 2.45) is 0 Å². The zero-order valence-corrected chi connectivity index (χ0v) is 14.0. The summed E-state index contributed by atoms with van der Waals surface area (Å²) in [6.07, 6.45) is 3.63. The summed E-state index contributed by atoms with van der Waals surface area (Å²) in [4.78, 5) is 18.7. The molecule has 0 spiro atoms. The fraction of sp³-hybridized carbons (Fsp3) is 0.474. The summed E-state index contributed by atoms with van der Waals surface area (Å²) < 4.78 is 5.16. The molecule has 2 heterocycles. The summed E-state index contributed by atoms with van der Waals surface area (Å²) in [7, 11) is 0. The zero-order chi connectivity index (χ0) is 16.2. The largest absolute Gasteiger partial charge is 0.450 e. The minimum atomic E-state index is -0.207. The van der Waals surface area contributed by atoms with Crippen molar-refractivity contribution in [3.63, 3.8) is 0 Å². The molecule has 0 aliphatic carbocycles. The van der Waals surface area contributed by atoms with Crippen molar-refractivity contribution in [3.05, 3.63) is 41.1 Å². The third-order valence-corrected chi connectivity index (χ3v) is 4.47. The molecule has 0 atom stereocenters. The van der Waals surface area contributed by atoms with Crippen LogP contribution in [0.5, 0.6) is 0 Å². The minimum absolute atomic E-state index is 0.207. The second kappa shape index (κ2) is 6.99. The third-order valence-electron chi connectivity index (χ3n) is 4.47. The quantitative estimate of drug-likeness (QED) is 0.867. The van der Waals surface area contributed by atoms with Crippen LogP contribution in [0, 0.1) is 0 Å². The average Bonchev–Trinajstić information content (AvgIpc) is 2.77. The van der Waals surface area contributed by atoms with Gasteiger partial charge in [-0.15, -0.1) is 0 Å². The molecule has 122 valence electrons. The molecule has 0 saturated carbocycles. The van der Waals surface area contributed by atoms with Gasteiger partial charge in [-0.25, -0.2) is 4.79 Å². The molecule has 0 fully saturated rings. The second-order valence-corrected chi connectivity index (χ2v) is 5.97. The molecule has 3 rings (SSSR count). The molecule has 4 heteroatoms. The molecule has 1 aliphatic heterocycles. The average molecular weight is 312 g/mol. The summed E-state index contributed by atoms with van der Waals surface area (Å²) in [5.41, 5.74) is 4.98. The number of nitrogens with zero attached hydrogens (tertiary/aromatic N) is 2. The van der Waals surface area contributed by atoms with E-state index in [0.717, 1.165) is 36.9 Å². The highest BCUT2D eigenvalue weighted by atomic mass is 16.6. The maximum Gasteiger partial charge on any atom is 0.409 e. The van der Waals surface area contributed by atoms with Gasteiger partial charge in [-0.1, -0.05) is 31.5 Å². The van der Waals surface area contributed by atoms with Gasteiger partial charge in [-0.05, 0) is 37.0 Å². The van der Waals surface area contributed by atoms with Crippen LogP contribution in [0.1, 0.15) is 37.1 Å². The van der Waals surface area contributed by atoms with E-state index >= 15 is 0 Å². The topological polar surface area (TPSA) is 42.4 Å². The minimum Gasteiger partial charge on any atom is -0.450 e. The lowest BCUT2D eigenvalue weighted by Gasteiger charge is -2.19. The molecule has 0 unspecified atom stereocenters. The van der Waals surface area contributed by atoms with Crippen molar-refractivity contribution in [1.29, 1.82) is 0 Å². The lowest BCUT2D eigenvalue weighted by molar-refractivity contribution is 0.109. The van der Waals surface area contributed by atoms with Crippen molar-refractivity contribution in [1.82, 2.24) is 9.88 Å². The van der Waals surface area contributed by atoms with E-state index in [2.05, 4.69) is 25.1 Å². The molecule has 0 N–H and O–H groups in total. The smallest absolute Gasteiger partial charge is 0.409 e. The summed E-state index contributed by atoms with van der Waals surface area (Å²) in [5.74, 6) is 0. The van der Waals surface area contributed by atoms with Gasteiger partial charge < -0.3 is 9.64 Å². The number of aryl methyl sites for hydroxylation is 1. The van der Waals surface area contributed by atoms with Crippen LogP contribution in [0.2, 0.25) is 0 Å². The van der Waals surface area contributed by atoms with Gasteiger partial charge in [0.05, 0.1) is 12.1 Å². The highest BCUT2D eigenvalue weighted by Crippen LogP contribution is 2.27. The number of para-hydroxylation sites is 1. The first-order valence-corrected chi connectivity index (χ1v) is 8.55. The standard InChI is InChI=1S/C19H24N2O2/c1-3-7-14-15-8-5-6-9-17(15)20-18-11-13-21(12-10-16(14)18)19(22)23-4-2/h5-6,8-9H,3-4,7,10-13H2,1-2H3. The molecule has 23 heavy (non-hydrogen) atoms. The van der Waals surface area contributed by atoms with E-state index in [4.69, 9.17) is 9.72 Å². The molecule has 1 aliphatic rings. The Bertz CT molecular complexity index is 712. The molecule has 0 bridgehead atoms. The van der Waals surface area contributed by atoms with Gasteiger partial charge in [0.2, 0.25) is 0 Å². The van der Waals surface area contributed by atoms with Crippen LogP contribution in [0.4, 0.5) is 4.79 Å². The number of benzene rings is 1. The number of rotatable bonds is 3. The number of fused-ring (bicyclic) bond motifs is 2. The van der Waals surface area contributed by atoms with Crippen molar-refractivity contribution in [2.45, 2.75) is 39.5 Å². The van der Waals surface area contributed by atoms with Crippen LogP contribution in [0.25, 0.3) is 10.9 Å². The molecular weight excluding hydrogens is 288 g/mol. The number of carbonyl (C=O) groups is 1. The van der Waals surface area contributed by atoms with E-state index in [1.165, 1.54) is 16.5 Å². The van der Waals surface area contributed by atoms with E-state index in [1.54, 1.807) is 0 Å². The van der Waals surface area contributed by atoms with Crippen molar-refractivity contribution in [3.8, 4) is 0 Å². The molecule has 4 nitrogen and oxygen atoms in total. The summed E-state index contributed by atoms with van der Waals surface area (Å²) >= 11 is 0. The molecule has 0 radical (unpaired) electrons. The maximum absolute atomic E-state index is 12.0. The van der Waals surface area contributed by atoms with Crippen LogP contribution in [0.3, 0.4) is 0 Å². The van der Waals surface area contributed by atoms with Gasteiger partial charge in [0.25, 0.3) is 0 Å². The van der Waals surface area contributed by atoms with Crippen molar-refractivity contribution >= 4 is 17.0 Å². The third kappa shape index (κ3) is 3.16. The maximum atomic E-state index is 12.0. The molecular formula is C19H24N2O2. The van der Waals surface area contributed by atoms with E-state index < -0.39 is 0 Å². The van der Waals surface area contributed by atoms with E-state index in [0.29, 0.717) is 19.7 Å². The Hall–Kier alpha value is -2.10. The highest BCUT2D eigenvalue weighted by molar-refractivity contribution is 5.84. The molecule has 1 aromatic heterocycles. The lowest BCUT2D eigenvalue weighted by atomic mass is 9.94. The first-order chi connectivity index (χ1) is 11.2. The van der Waals surface area contributed by atoms with Gasteiger partial charge in [-0.3, -0.25) is 4.98 Å². The Balaban J connectivity index is 1.98. The fourth-order valence-electron chi connectivity index (χ4n) is 3.41. The van der Waals surface area contributed by atoms with Gasteiger partial charge in [-0.2, -0.15) is 0 Å². The molecule has 1 aromatic carbocycles. The van der Waals surface area contributed by atoms with Crippen LogP contribution in [0.15, 0.2) is 24.3 Å². The van der Waals surface area contributed by atoms with E-state index in [1.807, 2.05) is 17.9 Å². The van der Waals surface area contributed by atoms with Crippen LogP contribution >= 0.6 is 0 Å². The van der Waals surface area contributed by atoms with Crippen LogP contribution < -0.4 is 0 Å². The van der Waals surface area contributed by atoms with Gasteiger partial charge >= 0.3 is 6.09 Å². The Morgan fingerprint density at radius 2 is 2.00 bits per heavy atom. The van der Waals surface area contributed by atoms with Crippen molar-refractivity contribution < 1.29 is 9.53 Å². The Morgan fingerprint density at radius 3 is 2.78 bits per heavy atom. The number of hydrogen-bond donors (Lipinski definition) is 0. The summed E-state index contributed by atoms with van der Waals surface area (Å²) in [6, 6.07) is 8.38. The molecule has 0 saturated heterocycles. The van der Waals surface area contributed by atoms with E-state index in [9.17, 15) is 4.79 Å². The zero-order valence-electron chi connectivity index (χ0n) is 14.0. The SMILES string of the molecule is CCCc1c2c(nc3ccccc13)CCN(C(=O)OCC)CC2. The number of amides is 1. The highest BCUT2D eigenvalue weighted by Gasteiger charge is 2.22. The predicted octanol–water partition coefficient (Wildman–Crippen LogP) is 3.74. The normalized spacial score (nSPS) is 14.4. The number of pyridine rings is 1. The van der Waals surface area contributed by atoms with E-state index in [-0.39, 0.29) is 6.09 Å². The van der Waals surface area contributed by atoms with Crippen LogP contribution in [-0.2, 0) is 24.0 Å². The summed E-state index contributed by atoms with van der Waals surface area (Å²) in [6.45, 7) is 5.87. The Morgan fingerprint density at radius 1 is 1.22 bits per heavy atom. The monoisotopic (exact) mass is 312 g/mol. The molecule has 2 aromatic rings. The Kier molecular flexibility index (Phi) is 4.79. The van der Waals surface area contributed by atoms with Crippen molar-refractivity contribution in [2.75, 3.05) is 19.7 Å². The fourth-order valence-corrected chi connectivity index (χ4v) is 3.41. The summed E-state index contributed by atoms with van der Waals surface area (Å²) in [5, 5.41) is 1.26. The first-order valence-electron chi connectivity index (χ1n) is 8.55. The number of aromatic nitrogens is 1. The number of ether oxygens (including phenoxy) is 1. The van der Waals surface area contributed by atoms with Gasteiger partial charge in [0.1, 0.15) is 0 Å². The number of carbonyl (C=O) groups excluding carboxylic acids is 1. The second-order valence-electron chi connectivity index (χ2n) is 5.97. The van der Waals surface area contributed by atoms with Gasteiger partial charge in [0, 0.05) is 30.6 Å². The first kappa shape index (κ1) is 15.8. The Labute approximate surface area is 137 Å². The van der Waals surface area contributed by atoms with Gasteiger partial charge in [0.15, 0.2) is 0 Å². The number of hydrogen-bond acceptors (Lipinski definition) is 3. The van der Waals surface area contributed by atoms with Crippen LogP contribution in [-0.4, -0.2) is 35.7 Å². The predicted molar refractivity (Wildman–Crippen MR) is 91.7 cm³/mol. The lowest BCUT2D eigenvalue weighted by Crippen LogP contribution is -2.33. The molecule has 1 amide bonds.